The molecule has 5 nitrogen and oxygen atoms in total. The lowest BCUT2D eigenvalue weighted by Gasteiger charge is -2.26. The van der Waals surface area contributed by atoms with Gasteiger partial charge in [-0.2, -0.15) is 10.4 Å². The zero-order chi connectivity index (χ0) is 12.3. The summed E-state index contributed by atoms with van der Waals surface area (Å²) in [6.07, 6.45) is 4.02. The molecule has 0 aromatic carbocycles. The van der Waals surface area contributed by atoms with Crippen LogP contribution in [0.3, 0.4) is 0 Å². The van der Waals surface area contributed by atoms with Gasteiger partial charge >= 0.3 is 0 Å². The second-order valence-electron chi connectivity index (χ2n) is 4.54. The number of nitrogens with zero attached hydrogens (tertiary/aromatic N) is 5. The van der Waals surface area contributed by atoms with E-state index in [4.69, 9.17) is 5.26 Å². The van der Waals surface area contributed by atoms with E-state index in [1.807, 2.05) is 11.9 Å². The number of aromatic nitrogens is 2. The number of hydrogen-bond donors (Lipinski definition) is 0. The first kappa shape index (κ1) is 11.8. The molecule has 90 valence electrons. The maximum Gasteiger partial charge on any atom is 0.169 e. The number of likely N-dealkylation sites (tertiary alicyclic amines) is 1. The lowest BCUT2D eigenvalue weighted by atomic mass is 10.2. The van der Waals surface area contributed by atoms with Crippen LogP contribution in [0.5, 0.6) is 0 Å². The number of nitriles is 1. The molecule has 0 amide bonds. The molecule has 5 heteroatoms. The van der Waals surface area contributed by atoms with Crippen molar-refractivity contribution in [3.63, 3.8) is 0 Å². The molecule has 0 radical (unpaired) electrons. The van der Waals surface area contributed by atoms with Crippen molar-refractivity contribution >= 4 is 5.82 Å². The minimum atomic E-state index is 0.550. The second kappa shape index (κ2) is 5.11. The van der Waals surface area contributed by atoms with Gasteiger partial charge in [0.1, 0.15) is 6.07 Å². The fraction of sp³-hybridized carbons (Fsp3) is 0.583. The highest BCUT2D eigenvalue weighted by molar-refractivity contribution is 5.51. The van der Waals surface area contributed by atoms with Crippen molar-refractivity contribution in [1.29, 1.82) is 5.26 Å². The smallest absolute Gasteiger partial charge is 0.169 e. The summed E-state index contributed by atoms with van der Waals surface area (Å²) in [6, 6.07) is 4.41. The van der Waals surface area contributed by atoms with Crippen molar-refractivity contribution in [1.82, 2.24) is 15.1 Å². The van der Waals surface area contributed by atoms with Crippen molar-refractivity contribution in [2.75, 3.05) is 32.1 Å². The highest BCUT2D eigenvalue weighted by Crippen LogP contribution is 2.19. The Hall–Kier alpha value is -1.67. The molecule has 1 atom stereocenters. The van der Waals surface area contributed by atoms with Crippen molar-refractivity contribution in [3.05, 3.63) is 17.8 Å². The van der Waals surface area contributed by atoms with E-state index >= 15 is 0 Å². The Morgan fingerprint density at radius 3 is 3.12 bits per heavy atom. The summed E-state index contributed by atoms with van der Waals surface area (Å²) >= 11 is 0. The first-order chi connectivity index (χ1) is 8.22. The Labute approximate surface area is 102 Å². The zero-order valence-electron chi connectivity index (χ0n) is 10.3. The van der Waals surface area contributed by atoms with E-state index in [-0.39, 0.29) is 0 Å². The molecule has 0 aliphatic carbocycles. The zero-order valence-corrected chi connectivity index (χ0v) is 10.3. The van der Waals surface area contributed by atoms with Crippen LogP contribution >= 0.6 is 0 Å². The minimum absolute atomic E-state index is 0.550. The predicted octanol–water partition coefficient (Wildman–Crippen LogP) is 0.879. The van der Waals surface area contributed by atoms with Gasteiger partial charge in [0.25, 0.3) is 0 Å². The van der Waals surface area contributed by atoms with Crippen LogP contribution in [0.4, 0.5) is 5.82 Å². The third-order valence-corrected chi connectivity index (χ3v) is 3.34. The topological polar surface area (TPSA) is 56.1 Å². The van der Waals surface area contributed by atoms with Crippen LogP contribution in [-0.4, -0.2) is 48.3 Å². The molecule has 0 N–H and O–H groups in total. The molecule has 2 rings (SSSR count). The Bertz CT molecular complexity index is 425. The molecule has 0 spiro atoms. The predicted molar refractivity (Wildman–Crippen MR) is 65.7 cm³/mol. The van der Waals surface area contributed by atoms with Crippen LogP contribution < -0.4 is 4.90 Å². The average molecular weight is 231 g/mol. The van der Waals surface area contributed by atoms with E-state index < -0.39 is 0 Å². The van der Waals surface area contributed by atoms with Crippen LogP contribution in [0.2, 0.25) is 0 Å². The number of anilines is 1. The third kappa shape index (κ3) is 2.53. The molecule has 1 aromatic rings. The van der Waals surface area contributed by atoms with Crippen molar-refractivity contribution < 1.29 is 0 Å². The van der Waals surface area contributed by atoms with Crippen LogP contribution in [0, 0.1) is 11.3 Å². The molecular formula is C12H17N5. The Morgan fingerprint density at radius 2 is 2.47 bits per heavy atom. The largest absolute Gasteiger partial charge is 0.356 e. The minimum Gasteiger partial charge on any atom is -0.356 e. The number of likely N-dealkylation sites (N-methyl/N-ethyl adjacent to an activating group) is 2. The van der Waals surface area contributed by atoms with Crippen LogP contribution in [0.15, 0.2) is 12.3 Å². The molecule has 17 heavy (non-hydrogen) atoms. The highest BCUT2D eigenvalue weighted by Gasteiger charge is 2.23. The average Bonchev–Trinajstić information content (AvgIpc) is 2.75. The Morgan fingerprint density at radius 1 is 1.65 bits per heavy atom. The van der Waals surface area contributed by atoms with Gasteiger partial charge in [-0.1, -0.05) is 0 Å². The molecule has 1 aliphatic heterocycles. The molecule has 1 aromatic heterocycles. The summed E-state index contributed by atoms with van der Waals surface area (Å²) in [4.78, 5) is 4.39. The maximum absolute atomic E-state index is 9.03. The summed E-state index contributed by atoms with van der Waals surface area (Å²) in [5.41, 5.74) is 0.586. The first-order valence-corrected chi connectivity index (χ1v) is 5.85. The van der Waals surface area contributed by atoms with Gasteiger partial charge in [0.15, 0.2) is 5.82 Å². The molecule has 1 unspecified atom stereocenters. The van der Waals surface area contributed by atoms with E-state index in [0.29, 0.717) is 17.4 Å². The Balaban J connectivity index is 2.09. The molecule has 1 saturated heterocycles. The van der Waals surface area contributed by atoms with Gasteiger partial charge in [-0.15, -0.1) is 5.10 Å². The molecule has 1 fully saturated rings. The van der Waals surface area contributed by atoms with Crippen molar-refractivity contribution in [2.24, 2.45) is 0 Å². The van der Waals surface area contributed by atoms with E-state index in [2.05, 4.69) is 28.2 Å². The summed E-state index contributed by atoms with van der Waals surface area (Å²) in [5, 5.41) is 16.9. The van der Waals surface area contributed by atoms with Gasteiger partial charge in [0.2, 0.25) is 0 Å². The standard InChI is InChI=1S/C12H17N5/c1-16-7-3-4-11(16)9-17(2)12-10(8-13)5-6-14-15-12/h5-6,11H,3-4,7,9H2,1-2H3. The SMILES string of the molecule is CN(CC1CCCN1C)c1nnccc1C#N. The van der Waals surface area contributed by atoms with Gasteiger partial charge in [-0.3, -0.25) is 0 Å². The van der Waals surface area contributed by atoms with E-state index in [1.165, 1.54) is 12.8 Å². The fourth-order valence-corrected chi connectivity index (χ4v) is 2.31. The highest BCUT2D eigenvalue weighted by atomic mass is 15.3. The second-order valence-corrected chi connectivity index (χ2v) is 4.54. The molecule has 1 aliphatic rings. The quantitative estimate of drug-likeness (QED) is 0.773. The lowest BCUT2D eigenvalue weighted by molar-refractivity contribution is 0.314. The monoisotopic (exact) mass is 231 g/mol. The summed E-state index contributed by atoms with van der Waals surface area (Å²) in [5.74, 6) is 0.676. The third-order valence-electron chi connectivity index (χ3n) is 3.34. The molecular weight excluding hydrogens is 214 g/mol. The van der Waals surface area contributed by atoms with Gasteiger partial charge in [-0.05, 0) is 32.5 Å². The lowest BCUT2D eigenvalue weighted by Crippen LogP contribution is -2.37. The normalized spacial score (nSPS) is 20.2. The summed E-state index contributed by atoms with van der Waals surface area (Å²) in [7, 11) is 4.12. The Kier molecular flexibility index (Phi) is 3.55. The first-order valence-electron chi connectivity index (χ1n) is 5.85. The van der Waals surface area contributed by atoms with Crippen molar-refractivity contribution in [3.8, 4) is 6.07 Å². The maximum atomic E-state index is 9.03. The molecule has 2 heterocycles. The van der Waals surface area contributed by atoms with E-state index in [1.54, 1.807) is 12.3 Å². The van der Waals surface area contributed by atoms with E-state index in [0.717, 1.165) is 13.1 Å². The van der Waals surface area contributed by atoms with Gasteiger partial charge < -0.3 is 9.80 Å². The molecule has 0 bridgehead atoms. The summed E-state index contributed by atoms with van der Waals surface area (Å²) in [6.45, 7) is 2.05. The van der Waals surface area contributed by atoms with Crippen LogP contribution in [0.25, 0.3) is 0 Å². The fourth-order valence-electron chi connectivity index (χ4n) is 2.31. The van der Waals surface area contributed by atoms with Crippen LogP contribution in [-0.2, 0) is 0 Å². The molecule has 0 saturated carbocycles. The van der Waals surface area contributed by atoms with Gasteiger partial charge in [0, 0.05) is 19.6 Å². The van der Waals surface area contributed by atoms with Crippen LogP contribution in [0.1, 0.15) is 18.4 Å². The number of hydrogen-bond acceptors (Lipinski definition) is 5. The summed E-state index contributed by atoms with van der Waals surface area (Å²) < 4.78 is 0. The van der Waals surface area contributed by atoms with Gasteiger partial charge in [-0.25, -0.2) is 0 Å². The van der Waals surface area contributed by atoms with Crippen molar-refractivity contribution in [2.45, 2.75) is 18.9 Å². The van der Waals surface area contributed by atoms with Gasteiger partial charge in [0.05, 0.1) is 11.8 Å². The van der Waals surface area contributed by atoms with E-state index in [9.17, 15) is 0 Å². The number of rotatable bonds is 3.